The fourth-order valence-corrected chi connectivity index (χ4v) is 4.47. The third-order valence-corrected chi connectivity index (χ3v) is 6.50. The first-order valence-electron chi connectivity index (χ1n) is 12.6. The van der Waals surface area contributed by atoms with Gasteiger partial charge in [0.2, 0.25) is 0 Å². The second kappa shape index (κ2) is 15.6. The second-order valence-electron chi connectivity index (χ2n) is 9.30. The molecule has 15 heteroatoms. The van der Waals surface area contributed by atoms with Crippen molar-refractivity contribution in [2.75, 3.05) is 26.3 Å². The monoisotopic (exact) mass is 595 g/mol. The zero-order valence-corrected chi connectivity index (χ0v) is 21.9. The number of halogens is 6. The number of piperidine rings is 1. The van der Waals surface area contributed by atoms with Gasteiger partial charge in [-0.25, -0.2) is 9.59 Å². The lowest BCUT2D eigenvalue weighted by molar-refractivity contribution is -0.193. The third-order valence-electron chi connectivity index (χ3n) is 6.50. The molecule has 2 aliphatic rings. The molecule has 2 N–H and O–H groups in total. The van der Waals surface area contributed by atoms with E-state index in [0.717, 1.165) is 64.2 Å². The summed E-state index contributed by atoms with van der Waals surface area (Å²) in [5.41, 5.74) is 2.36. The number of carboxylic acid groups (broad SMARTS) is 2. The van der Waals surface area contributed by atoms with Gasteiger partial charge in [-0.15, -0.1) is 0 Å². The number of nitrogens with zero attached hydrogens (tertiary/aromatic N) is 3. The van der Waals surface area contributed by atoms with Crippen LogP contribution in [0.3, 0.4) is 0 Å². The minimum absolute atomic E-state index is 0.0692. The van der Waals surface area contributed by atoms with Crippen molar-refractivity contribution >= 4 is 11.9 Å². The first-order valence-corrected chi connectivity index (χ1v) is 12.6. The molecule has 2 saturated heterocycles. The number of ether oxygens (including phenoxy) is 2. The van der Waals surface area contributed by atoms with Crippen molar-refractivity contribution in [2.24, 2.45) is 5.92 Å². The lowest BCUT2D eigenvalue weighted by atomic mass is 9.78. The Balaban J connectivity index is 0.000000349. The van der Waals surface area contributed by atoms with Gasteiger partial charge in [-0.05, 0) is 55.4 Å². The van der Waals surface area contributed by atoms with Crippen molar-refractivity contribution in [3.63, 3.8) is 0 Å². The summed E-state index contributed by atoms with van der Waals surface area (Å²) in [6.07, 6.45) is -0.0567. The van der Waals surface area contributed by atoms with E-state index in [4.69, 9.17) is 29.3 Å². The van der Waals surface area contributed by atoms with Crippen molar-refractivity contribution in [3.05, 3.63) is 60.2 Å². The quantitative estimate of drug-likeness (QED) is 0.346. The molecule has 0 radical (unpaired) electrons. The maximum absolute atomic E-state index is 10.6. The summed E-state index contributed by atoms with van der Waals surface area (Å²) in [7, 11) is 0. The summed E-state index contributed by atoms with van der Waals surface area (Å²) in [5.74, 6) is -4.90. The fraction of sp³-hybridized carbons (Fsp3) is 0.538. The van der Waals surface area contributed by atoms with E-state index < -0.39 is 24.3 Å². The van der Waals surface area contributed by atoms with Crippen LogP contribution in [0, 0.1) is 5.92 Å². The number of hydrogen-bond acceptors (Lipinski definition) is 7. The number of aliphatic carboxylic acids is 2. The number of aromatic nitrogens is 2. The highest BCUT2D eigenvalue weighted by Crippen LogP contribution is 2.42. The van der Waals surface area contributed by atoms with E-state index >= 15 is 0 Å². The number of hydrogen-bond donors (Lipinski definition) is 2. The van der Waals surface area contributed by atoms with Crippen LogP contribution in [0.4, 0.5) is 26.3 Å². The van der Waals surface area contributed by atoms with E-state index in [2.05, 4.69) is 20.9 Å². The molecule has 0 aromatic carbocycles. The summed E-state index contributed by atoms with van der Waals surface area (Å²) in [6, 6.07) is 10.1. The maximum Gasteiger partial charge on any atom is 0.490 e. The van der Waals surface area contributed by atoms with Crippen molar-refractivity contribution < 1.29 is 55.6 Å². The van der Waals surface area contributed by atoms with Gasteiger partial charge in [-0.1, -0.05) is 12.1 Å². The summed E-state index contributed by atoms with van der Waals surface area (Å²) in [4.78, 5) is 28.9. The molecule has 0 saturated carbocycles. The number of likely N-dealkylation sites (tertiary alicyclic amines) is 1. The average molecular weight is 596 g/mol. The van der Waals surface area contributed by atoms with Crippen LogP contribution in [0.5, 0.6) is 0 Å². The highest BCUT2D eigenvalue weighted by Gasteiger charge is 2.45. The molecule has 4 rings (SSSR count). The molecule has 0 aliphatic carbocycles. The SMILES string of the molecule is O=C(O)C(F)(F)F.O=C(O)C(F)(F)F.c1ccc(COCCC2CCOC23CCN(Cc2cccnc2)CC3)nc1. The first-order chi connectivity index (χ1) is 19.2. The van der Waals surface area contributed by atoms with Gasteiger partial charge in [0.1, 0.15) is 0 Å². The second-order valence-corrected chi connectivity index (χ2v) is 9.30. The minimum atomic E-state index is -5.08. The van der Waals surface area contributed by atoms with Gasteiger partial charge in [0.25, 0.3) is 0 Å². The normalized spacial score (nSPS) is 18.5. The molecule has 2 fully saturated rings. The molecule has 1 spiro atoms. The van der Waals surface area contributed by atoms with Crippen LogP contribution >= 0.6 is 0 Å². The predicted molar refractivity (Wildman–Crippen MR) is 131 cm³/mol. The van der Waals surface area contributed by atoms with Crippen LogP contribution in [-0.2, 0) is 32.2 Å². The molecule has 4 heterocycles. The largest absolute Gasteiger partial charge is 0.490 e. The lowest BCUT2D eigenvalue weighted by Crippen LogP contribution is -2.47. The number of carboxylic acids is 2. The van der Waals surface area contributed by atoms with Gasteiger partial charge in [-0.3, -0.25) is 14.9 Å². The van der Waals surface area contributed by atoms with Crippen molar-refractivity contribution in [1.82, 2.24) is 14.9 Å². The zero-order valence-electron chi connectivity index (χ0n) is 21.9. The molecular weight excluding hydrogens is 564 g/mol. The summed E-state index contributed by atoms with van der Waals surface area (Å²) in [5, 5.41) is 14.2. The van der Waals surface area contributed by atoms with Crippen LogP contribution in [-0.4, -0.2) is 81.3 Å². The van der Waals surface area contributed by atoms with E-state index in [1.165, 1.54) is 5.56 Å². The Hall–Kier alpha value is -3.30. The Kier molecular flexibility index (Phi) is 12.9. The van der Waals surface area contributed by atoms with Crippen molar-refractivity contribution in [1.29, 1.82) is 0 Å². The number of pyridine rings is 2. The van der Waals surface area contributed by atoms with Crippen LogP contribution in [0.1, 0.15) is 36.9 Å². The third kappa shape index (κ3) is 12.0. The molecular formula is C26H31F6N3O6. The molecule has 0 bridgehead atoms. The Morgan fingerprint density at radius 1 is 1.00 bits per heavy atom. The zero-order chi connectivity index (χ0) is 30.5. The van der Waals surface area contributed by atoms with Crippen LogP contribution in [0.2, 0.25) is 0 Å². The molecule has 2 aromatic rings. The van der Waals surface area contributed by atoms with Crippen LogP contribution < -0.4 is 0 Å². The first kappa shape index (κ1) is 33.9. The Morgan fingerprint density at radius 2 is 1.63 bits per heavy atom. The lowest BCUT2D eigenvalue weighted by Gasteiger charge is -2.42. The molecule has 2 aliphatic heterocycles. The maximum atomic E-state index is 10.6. The van der Waals surface area contributed by atoms with Gasteiger partial charge < -0.3 is 19.7 Å². The predicted octanol–water partition coefficient (Wildman–Crippen LogP) is 4.72. The molecule has 228 valence electrons. The molecule has 0 amide bonds. The van der Waals surface area contributed by atoms with E-state index in [0.29, 0.717) is 12.5 Å². The molecule has 1 unspecified atom stereocenters. The van der Waals surface area contributed by atoms with Crippen LogP contribution in [0.25, 0.3) is 0 Å². The Morgan fingerprint density at radius 3 is 2.15 bits per heavy atom. The van der Waals surface area contributed by atoms with Gasteiger partial charge >= 0.3 is 24.3 Å². The average Bonchev–Trinajstić information content (AvgIpc) is 3.30. The van der Waals surface area contributed by atoms with Gasteiger partial charge in [0.15, 0.2) is 0 Å². The van der Waals surface area contributed by atoms with E-state index in [1.54, 1.807) is 0 Å². The van der Waals surface area contributed by atoms with E-state index in [-0.39, 0.29) is 5.60 Å². The number of rotatable bonds is 7. The number of carbonyl (C=O) groups is 2. The van der Waals surface area contributed by atoms with E-state index in [9.17, 15) is 26.3 Å². The summed E-state index contributed by atoms with van der Waals surface area (Å²) < 4.78 is 75.7. The van der Waals surface area contributed by atoms with E-state index in [1.807, 2.05) is 42.9 Å². The van der Waals surface area contributed by atoms with Gasteiger partial charge in [0, 0.05) is 51.4 Å². The van der Waals surface area contributed by atoms with Crippen molar-refractivity contribution in [2.45, 2.75) is 56.8 Å². The highest BCUT2D eigenvalue weighted by molar-refractivity contribution is 5.73. The molecule has 41 heavy (non-hydrogen) atoms. The minimum Gasteiger partial charge on any atom is -0.475 e. The molecule has 1 atom stereocenters. The summed E-state index contributed by atoms with van der Waals surface area (Å²) >= 11 is 0. The van der Waals surface area contributed by atoms with Gasteiger partial charge in [-0.2, -0.15) is 26.3 Å². The summed E-state index contributed by atoms with van der Waals surface area (Å²) in [6.45, 7) is 5.46. The van der Waals surface area contributed by atoms with Crippen LogP contribution in [0.15, 0.2) is 48.9 Å². The van der Waals surface area contributed by atoms with Gasteiger partial charge in [0.05, 0.1) is 17.9 Å². The molecule has 9 nitrogen and oxygen atoms in total. The number of alkyl halides is 6. The Labute approximate surface area is 232 Å². The highest BCUT2D eigenvalue weighted by atomic mass is 19.4. The smallest absolute Gasteiger partial charge is 0.475 e. The molecule has 2 aromatic heterocycles. The van der Waals surface area contributed by atoms with Crippen molar-refractivity contribution in [3.8, 4) is 0 Å². The Bertz CT molecular complexity index is 1040. The fourth-order valence-electron chi connectivity index (χ4n) is 4.47. The topological polar surface area (TPSA) is 122 Å². The standard InChI is InChI=1S/C22H29N3O2.2C2HF3O2/c1-2-11-24-21(5-1)18-26-14-6-20-7-15-27-22(20)8-12-25(13-9-22)17-19-4-3-10-23-16-19;2*3-2(4,5)1(6)7/h1-5,10-11,16,20H,6-9,12-15,17-18H2;2*(H,6,7).